The smallest absolute Gasteiger partial charge is 0.248 e. The molecule has 3 aromatic carbocycles. The van der Waals surface area contributed by atoms with E-state index in [1.54, 1.807) is 13.2 Å². The number of rotatable bonds is 6. The molecule has 0 saturated heterocycles. The lowest BCUT2D eigenvalue weighted by molar-refractivity contribution is -0.111. The summed E-state index contributed by atoms with van der Waals surface area (Å²) in [6, 6.07) is 25.0. The van der Waals surface area contributed by atoms with Crippen LogP contribution >= 0.6 is 0 Å². The zero-order valence-electron chi connectivity index (χ0n) is 14.5. The summed E-state index contributed by atoms with van der Waals surface area (Å²) in [6.07, 6.45) is 3.23. The number of methoxy groups -OCH3 is 1. The Hall–Kier alpha value is -3.53. The molecule has 0 heterocycles. The van der Waals surface area contributed by atoms with Crippen LogP contribution < -0.4 is 15.4 Å². The van der Waals surface area contributed by atoms with E-state index in [9.17, 15) is 4.79 Å². The Balaban J connectivity index is 1.60. The van der Waals surface area contributed by atoms with Crippen molar-refractivity contribution in [1.82, 2.24) is 0 Å². The minimum absolute atomic E-state index is 0.195. The van der Waals surface area contributed by atoms with E-state index >= 15 is 0 Å². The molecule has 26 heavy (non-hydrogen) atoms. The molecule has 0 bridgehead atoms. The number of hydrogen-bond acceptors (Lipinski definition) is 3. The summed E-state index contributed by atoms with van der Waals surface area (Å²) < 4.78 is 5.27. The second-order valence-corrected chi connectivity index (χ2v) is 5.63. The van der Waals surface area contributed by atoms with Gasteiger partial charge >= 0.3 is 0 Å². The molecule has 1 amide bonds. The largest absolute Gasteiger partial charge is 0.496 e. The van der Waals surface area contributed by atoms with Crippen molar-refractivity contribution < 1.29 is 9.53 Å². The number of anilines is 3. The molecular formula is C22H20N2O2. The normalized spacial score (nSPS) is 10.5. The predicted octanol–water partition coefficient (Wildman–Crippen LogP) is 5.09. The van der Waals surface area contributed by atoms with Crippen LogP contribution in [0.1, 0.15) is 5.56 Å². The van der Waals surface area contributed by atoms with Gasteiger partial charge in [-0.25, -0.2) is 0 Å². The molecule has 4 nitrogen and oxygen atoms in total. The van der Waals surface area contributed by atoms with Gasteiger partial charge in [-0.1, -0.05) is 36.4 Å². The van der Waals surface area contributed by atoms with E-state index in [0.29, 0.717) is 0 Å². The Kier molecular flexibility index (Phi) is 5.68. The minimum Gasteiger partial charge on any atom is -0.496 e. The van der Waals surface area contributed by atoms with E-state index in [-0.39, 0.29) is 5.91 Å². The van der Waals surface area contributed by atoms with Gasteiger partial charge < -0.3 is 15.4 Å². The first kappa shape index (κ1) is 17.3. The standard InChI is InChI=1S/C22H20N2O2/c1-26-21-10-6-5-7-17(21)11-16-22(25)24-20-14-12-19(13-15-20)23-18-8-3-2-4-9-18/h2-16,23H,1H3,(H,24,25). The van der Waals surface area contributed by atoms with Gasteiger partial charge in [-0.2, -0.15) is 0 Å². The Morgan fingerprint density at radius 2 is 1.42 bits per heavy atom. The summed E-state index contributed by atoms with van der Waals surface area (Å²) in [5, 5.41) is 6.15. The van der Waals surface area contributed by atoms with Crippen molar-refractivity contribution in [2.75, 3.05) is 17.7 Å². The van der Waals surface area contributed by atoms with Crippen LogP contribution in [0.3, 0.4) is 0 Å². The molecule has 0 unspecified atom stereocenters. The number of para-hydroxylation sites is 2. The molecule has 3 rings (SSSR count). The van der Waals surface area contributed by atoms with E-state index < -0.39 is 0 Å². The fraction of sp³-hybridized carbons (Fsp3) is 0.0455. The van der Waals surface area contributed by atoms with Crippen LogP contribution in [0, 0.1) is 0 Å². The third-order valence-corrected chi connectivity index (χ3v) is 3.77. The molecule has 0 fully saturated rings. The van der Waals surface area contributed by atoms with Gasteiger partial charge in [0.25, 0.3) is 0 Å². The average Bonchev–Trinajstić information content (AvgIpc) is 2.69. The second kappa shape index (κ2) is 8.53. The number of carbonyl (C=O) groups excluding carboxylic acids is 1. The highest BCUT2D eigenvalue weighted by Gasteiger charge is 2.01. The summed E-state index contributed by atoms with van der Waals surface area (Å²) in [7, 11) is 1.61. The summed E-state index contributed by atoms with van der Waals surface area (Å²) in [5.41, 5.74) is 3.56. The van der Waals surface area contributed by atoms with Crippen molar-refractivity contribution in [2.24, 2.45) is 0 Å². The first-order chi connectivity index (χ1) is 12.7. The quantitative estimate of drug-likeness (QED) is 0.612. The molecule has 2 N–H and O–H groups in total. The van der Waals surface area contributed by atoms with Crippen molar-refractivity contribution in [2.45, 2.75) is 0 Å². The van der Waals surface area contributed by atoms with Crippen LogP contribution in [0.2, 0.25) is 0 Å². The van der Waals surface area contributed by atoms with Gasteiger partial charge in [-0.3, -0.25) is 4.79 Å². The maximum atomic E-state index is 12.1. The Morgan fingerprint density at radius 1 is 0.808 bits per heavy atom. The van der Waals surface area contributed by atoms with Crippen molar-refractivity contribution in [3.05, 3.63) is 90.5 Å². The highest BCUT2D eigenvalue weighted by molar-refractivity contribution is 6.02. The molecule has 0 aliphatic carbocycles. The topological polar surface area (TPSA) is 50.4 Å². The van der Waals surface area contributed by atoms with Crippen LogP contribution in [0.15, 0.2) is 84.9 Å². The maximum Gasteiger partial charge on any atom is 0.248 e. The maximum absolute atomic E-state index is 12.1. The molecule has 0 radical (unpaired) electrons. The van der Waals surface area contributed by atoms with E-state index in [4.69, 9.17) is 4.74 Å². The average molecular weight is 344 g/mol. The third kappa shape index (κ3) is 4.74. The highest BCUT2D eigenvalue weighted by Crippen LogP contribution is 2.20. The van der Waals surface area contributed by atoms with E-state index in [2.05, 4.69) is 10.6 Å². The number of nitrogens with one attached hydrogen (secondary N) is 2. The number of carbonyl (C=O) groups is 1. The van der Waals surface area contributed by atoms with Crippen LogP contribution in [0.5, 0.6) is 5.75 Å². The Morgan fingerprint density at radius 3 is 2.15 bits per heavy atom. The number of hydrogen-bond donors (Lipinski definition) is 2. The van der Waals surface area contributed by atoms with Crippen molar-refractivity contribution in [1.29, 1.82) is 0 Å². The highest BCUT2D eigenvalue weighted by atomic mass is 16.5. The molecule has 3 aromatic rings. The molecular weight excluding hydrogens is 324 g/mol. The number of ether oxygens (including phenoxy) is 1. The van der Waals surface area contributed by atoms with Crippen molar-refractivity contribution in [3.8, 4) is 5.75 Å². The van der Waals surface area contributed by atoms with Crippen LogP contribution in [-0.2, 0) is 4.79 Å². The molecule has 0 aliphatic rings. The molecule has 4 heteroatoms. The van der Waals surface area contributed by atoms with Crippen LogP contribution in [-0.4, -0.2) is 13.0 Å². The lowest BCUT2D eigenvalue weighted by Crippen LogP contribution is -2.07. The van der Waals surface area contributed by atoms with E-state index in [0.717, 1.165) is 28.4 Å². The molecule has 0 saturated carbocycles. The van der Waals surface area contributed by atoms with Crippen LogP contribution in [0.4, 0.5) is 17.1 Å². The summed E-state index contributed by atoms with van der Waals surface area (Å²) >= 11 is 0. The fourth-order valence-corrected chi connectivity index (χ4v) is 2.48. The number of benzene rings is 3. The monoisotopic (exact) mass is 344 g/mol. The van der Waals surface area contributed by atoms with Crippen molar-refractivity contribution in [3.63, 3.8) is 0 Å². The fourth-order valence-electron chi connectivity index (χ4n) is 2.48. The molecule has 0 atom stereocenters. The Labute approximate surface area is 153 Å². The summed E-state index contributed by atoms with van der Waals surface area (Å²) in [4.78, 5) is 12.1. The molecule has 0 aliphatic heterocycles. The van der Waals surface area contributed by atoms with Crippen LogP contribution in [0.25, 0.3) is 6.08 Å². The van der Waals surface area contributed by atoms with Gasteiger partial charge in [0.05, 0.1) is 7.11 Å². The van der Waals surface area contributed by atoms with Gasteiger partial charge in [-0.05, 0) is 48.5 Å². The lowest BCUT2D eigenvalue weighted by Gasteiger charge is -2.08. The first-order valence-corrected chi connectivity index (χ1v) is 8.29. The zero-order chi connectivity index (χ0) is 18.2. The van der Waals surface area contributed by atoms with Gasteiger partial charge in [0.15, 0.2) is 0 Å². The molecule has 0 aromatic heterocycles. The summed E-state index contributed by atoms with van der Waals surface area (Å²) in [6.45, 7) is 0. The lowest BCUT2D eigenvalue weighted by atomic mass is 10.2. The second-order valence-electron chi connectivity index (χ2n) is 5.63. The Bertz CT molecular complexity index is 888. The number of amides is 1. The van der Waals surface area contributed by atoms with Gasteiger partial charge in [0.2, 0.25) is 5.91 Å². The molecule has 0 spiro atoms. The first-order valence-electron chi connectivity index (χ1n) is 8.29. The molecule has 130 valence electrons. The third-order valence-electron chi connectivity index (χ3n) is 3.77. The predicted molar refractivity (Wildman–Crippen MR) is 107 cm³/mol. The van der Waals surface area contributed by atoms with Crippen molar-refractivity contribution >= 4 is 29.0 Å². The minimum atomic E-state index is -0.195. The van der Waals surface area contributed by atoms with Gasteiger partial charge in [0.1, 0.15) is 5.75 Å². The van der Waals surface area contributed by atoms with Gasteiger partial charge in [-0.15, -0.1) is 0 Å². The SMILES string of the molecule is COc1ccccc1C=CC(=O)Nc1ccc(Nc2ccccc2)cc1. The summed E-state index contributed by atoms with van der Waals surface area (Å²) in [5.74, 6) is 0.535. The van der Waals surface area contributed by atoms with E-state index in [1.807, 2.05) is 78.9 Å². The zero-order valence-corrected chi connectivity index (χ0v) is 14.5. The van der Waals surface area contributed by atoms with Gasteiger partial charge in [0, 0.05) is 28.7 Å². The van der Waals surface area contributed by atoms with E-state index in [1.165, 1.54) is 6.08 Å².